The fourth-order valence-corrected chi connectivity index (χ4v) is 7.12. The minimum Gasteiger partial charge on any atom is -0.365 e. The summed E-state index contributed by atoms with van der Waals surface area (Å²) in [5.41, 5.74) is 8.53. The van der Waals surface area contributed by atoms with Crippen LogP contribution in [0.4, 0.5) is 5.88 Å². The second-order valence-electron chi connectivity index (χ2n) is 7.87. The van der Waals surface area contributed by atoms with Crippen molar-refractivity contribution < 1.29 is 22.5 Å². The number of nitrogens with one attached hydrogen (secondary N) is 1. The molecule has 0 bridgehead atoms. The summed E-state index contributed by atoms with van der Waals surface area (Å²) >= 11 is 7.11. The maximum absolute atomic E-state index is 13.9. The number of primary amides is 1. The molecule has 0 saturated carbocycles. The average Bonchev–Trinajstić information content (AvgIpc) is 3.25. The number of aryl methyl sites for hydroxylation is 4. The topological polar surface area (TPSA) is 132 Å². The maximum atomic E-state index is 13.9. The van der Waals surface area contributed by atoms with Crippen LogP contribution in [0.15, 0.2) is 34.2 Å². The monoisotopic (exact) mass is 521 g/mol. The van der Waals surface area contributed by atoms with E-state index in [1.165, 1.54) is 6.92 Å². The van der Waals surface area contributed by atoms with Gasteiger partial charge in [-0.25, -0.2) is 8.42 Å². The van der Waals surface area contributed by atoms with E-state index < -0.39 is 21.1 Å². The molecule has 0 aliphatic carbocycles. The van der Waals surface area contributed by atoms with Crippen LogP contribution in [0, 0.1) is 27.7 Å². The third kappa shape index (κ3) is 4.40. The number of benzene rings is 1. The third-order valence-corrected chi connectivity index (χ3v) is 8.91. The van der Waals surface area contributed by atoms with Crippen LogP contribution in [0.2, 0.25) is 5.02 Å². The van der Waals surface area contributed by atoms with Crippen molar-refractivity contribution in [2.24, 2.45) is 5.73 Å². The molecule has 0 spiro atoms. The highest BCUT2D eigenvalue weighted by Gasteiger charge is 2.37. The van der Waals surface area contributed by atoms with Crippen molar-refractivity contribution in [2.75, 3.05) is 5.32 Å². The van der Waals surface area contributed by atoms with E-state index in [-0.39, 0.29) is 32.0 Å². The van der Waals surface area contributed by atoms with E-state index >= 15 is 0 Å². The second kappa shape index (κ2) is 9.36. The zero-order valence-electron chi connectivity index (χ0n) is 19.3. The van der Waals surface area contributed by atoms with E-state index in [2.05, 4.69) is 17.1 Å². The summed E-state index contributed by atoms with van der Waals surface area (Å²) in [7, 11) is -4.34. The number of aromatic nitrogens is 1. The highest BCUT2D eigenvalue weighted by Crippen LogP contribution is 2.43. The van der Waals surface area contributed by atoms with Crippen molar-refractivity contribution in [3.8, 4) is 11.1 Å². The minimum absolute atomic E-state index is 0.0578. The molecule has 34 heavy (non-hydrogen) atoms. The summed E-state index contributed by atoms with van der Waals surface area (Å²) < 4.78 is 33.0. The molecule has 3 rings (SSSR count). The van der Waals surface area contributed by atoms with Crippen LogP contribution in [0.1, 0.15) is 48.7 Å². The van der Waals surface area contributed by atoms with E-state index in [9.17, 15) is 18.0 Å². The molecular formula is C23H24ClN3O5S2. The lowest BCUT2D eigenvalue weighted by Crippen LogP contribution is -2.29. The molecule has 3 N–H and O–H groups in total. The number of carbonyl (C=O) groups is 2. The molecule has 180 valence electrons. The molecule has 8 nitrogen and oxygen atoms in total. The fourth-order valence-electron chi connectivity index (χ4n) is 3.87. The van der Waals surface area contributed by atoms with Crippen LogP contribution in [0.5, 0.6) is 0 Å². The van der Waals surface area contributed by atoms with Gasteiger partial charge >= 0.3 is 0 Å². The molecule has 2 heterocycles. The SMILES string of the molecule is C=CC(Nc1onc(C)c1Cl)S(=O)(=O)c1c(C(N)=O)sc(C)c1-c1cc(C)cc(C)c1C(C)=O. The number of halogens is 1. The van der Waals surface area contributed by atoms with Crippen molar-refractivity contribution in [1.29, 1.82) is 0 Å². The van der Waals surface area contributed by atoms with Gasteiger partial charge in [0, 0.05) is 16.0 Å². The summed E-state index contributed by atoms with van der Waals surface area (Å²) in [6.45, 7) is 11.9. The number of nitrogens with two attached hydrogens (primary N) is 1. The number of nitrogens with zero attached hydrogens (tertiary/aromatic N) is 1. The van der Waals surface area contributed by atoms with Crippen LogP contribution >= 0.6 is 22.9 Å². The Bertz CT molecular complexity index is 1440. The van der Waals surface area contributed by atoms with Gasteiger partial charge in [-0.3, -0.25) is 9.59 Å². The molecule has 2 aromatic heterocycles. The minimum atomic E-state index is -4.34. The molecule has 11 heteroatoms. The average molecular weight is 522 g/mol. The lowest BCUT2D eigenvalue weighted by atomic mass is 9.92. The Morgan fingerprint density at radius 1 is 1.26 bits per heavy atom. The molecule has 0 aliphatic rings. The van der Waals surface area contributed by atoms with Crippen molar-refractivity contribution in [1.82, 2.24) is 5.16 Å². The zero-order chi connectivity index (χ0) is 25.5. The highest BCUT2D eigenvalue weighted by atomic mass is 35.5. The molecule has 3 aromatic rings. The first-order valence-electron chi connectivity index (χ1n) is 10.1. The first kappa shape index (κ1) is 25.7. The molecule has 1 amide bonds. The summed E-state index contributed by atoms with van der Waals surface area (Å²) in [5.74, 6) is -1.19. The smallest absolute Gasteiger partial charge is 0.260 e. The first-order valence-corrected chi connectivity index (χ1v) is 12.9. The van der Waals surface area contributed by atoms with Crippen LogP contribution < -0.4 is 11.1 Å². The summed E-state index contributed by atoms with van der Waals surface area (Å²) in [4.78, 5) is 25.0. The quantitative estimate of drug-likeness (QED) is 0.315. The molecule has 1 atom stereocenters. The zero-order valence-corrected chi connectivity index (χ0v) is 21.7. The standard InChI is InChI=1S/C23H24ClN3O5S2/c1-7-16(26-23-19(24)12(4)27-32-23)34(30,31)21-18(14(6)33-20(21)22(25)29)15-9-10(2)8-11(3)17(15)13(5)28/h7-9,16,26H,1H2,2-6H3,(H2,25,29). The summed E-state index contributed by atoms with van der Waals surface area (Å²) in [6.07, 6.45) is 1.15. The predicted octanol–water partition coefficient (Wildman–Crippen LogP) is 4.99. The Labute approximate surface area is 206 Å². The van der Waals surface area contributed by atoms with Crippen molar-refractivity contribution in [2.45, 2.75) is 44.9 Å². The number of rotatable bonds is 8. The van der Waals surface area contributed by atoms with Gasteiger partial charge in [-0.1, -0.05) is 47.1 Å². The number of amides is 1. The lowest BCUT2D eigenvalue weighted by Gasteiger charge is -2.19. The number of Topliss-reactive ketones (excluding diaryl/α,β-unsaturated/α-hetero) is 1. The van der Waals surface area contributed by atoms with Crippen molar-refractivity contribution >= 4 is 50.3 Å². The second-order valence-corrected chi connectivity index (χ2v) is 11.5. The van der Waals surface area contributed by atoms with E-state index in [0.29, 0.717) is 27.3 Å². The fraction of sp³-hybridized carbons (Fsp3) is 0.261. The molecule has 0 fully saturated rings. The van der Waals surface area contributed by atoms with Gasteiger partial charge in [-0.2, -0.15) is 0 Å². The van der Waals surface area contributed by atoms with E-state index in [1.807, 2.05) is 13.0 Å². The third-order valence-electron chi connectivity index (χ3n) is 5.26. The number of ketones is 1. The van der Waals surface area contributed by atoms with Gasteiger partial charge in [-0.15, -0.1) is 11.3 Å². The Kier molecular flexibility index (Phi) is 7.07. The van der Waals surface area contributed by atoms with Crippen LogP contribution in [0.3, 0.4) is 0 Å². The Balaban J connectivity index is 2.35. The van der Waals surface area contributed by atoms with Gasteiger partial charge in [-0.05, 0) is 45.7 Å². The Morgan fingerprint density at radius 2 is 1.91 bits per heavy atom. The van der Waals surface area contributed by atoms with Gasteiger partial charge in [0.2, 0.25) is 15.7 Å². The molecular weight excluding hydrogens is 498 g/mol. The first-order chi connectivity index (χ1) is 15.8. The highest BCUT2D eigenvalue weighted by molar-refractivity contribution is 7.92. The van der Waals surface area contributed by atoms with E-state index in [0.717, 1.165) is 23.0 Å². The molecule has 1 aromatic carbocycles. The number of carbonyl (C=O) groups excluding carboxylic acids is 2. The van der Waals surface area contributed by atoms with E-state index in [4.69, 9.17) is 21.9 Å². The van der Waals surface area contributed by atoms with Gasteiger partial charge in [0.15, 0.2) is 11.2 Å². The number of hydrogen-bond donors (Lipinski definition) is 2. The van der Waals surface area contributed by atoms with E-state index in [1.54, 1.807) is 26.8 Å². The molecule has 0 radical (unpaired) electrons. The number of hydrogen-bond acceptors (Lipinski definition) is 8. The van der Waals surface area contributed by atoms with Gasteiger partial charge in [0.1, 0.15) is 20.5 Å². The van der Waals surface area contributed by atoms with Gasteiger partial charge in [0.25, 0.3) is 5.91 Å². The van der Waals surface area contributed by atoms with Crippen LogP contribution in [-0.2, 0) is 9.84 Å². The normalized spacial score (nSPS) is 12.4. The largest absolute Gasteiger partial charge is 0.365 e. The van der Waals surface area contributed by atoms with Crippen LogP contribution in [-0.4, -0.2) is 30.6 Å². The predicted molar refractivity (Wildman–Crippen MR) is 134 cm³/mol. The van der Waals surface area contributed by atoms with Gasteiger partial charge < -0.3 is 15.6 Å². The van der Waals surface area contributed by atoms with Crippen molar-refractivity contribution in [3.05, 3.63) is 61.9 Å². The van der Waals surface area contributed by atoms with Gasteiger partial charge in [0.05, 0.1) is 0 Å². The lowest BCUT2D eigenvalue weighted by molar-refractivity contribution is 0.0997. The summed E-state index contributed by atoms with van der Waals surface area (Å²) in [6, 6.07) is 3.57. The summed E-state index contributed by atoms with van der Waals surface area (Å²) in [5, 5.41) is 5.09. The molecule has 1 unspecified atom stereocenters. The number of anilines is 1. The Morgan fingerprint density at radius 3 is 2.41 bits per heavy atom. The molecule has 0 aliphatic heterocycles. The number of sulfone groups is 1. The van der Waals surface area contributed by atoms with Crippen LogP contribution in [0.25, 0.3) is 11.1 Å². The van der Waals surface area contributed by atoms with Crippen molar-refractivity contribution in [3.63, 3.8) is 0 Å². The maximum Gasteiger partial charge on any atom is 0.260 e. The number of thiophene rings is 1. The molecule has 0 saturated heterocycles. The Hall–Kier alpha value is -2.95.